The van der Waals surface area contributed by atoms with E-state index >= 15 is 0 Å². The number of carboxylic acid groups (broad SMARTS) is 1. The topological polar surface area (TPSA) is 154 Å². The van der Waals surface area contributed by atoms with E-state index in [2.05, 4.69) is 15.8 Å². The molecule has 160 valence electrons. The molecule has 0 aromatic heterocycles. The number of nitro groups is 1. The van der Waals surface area contributed by atoms with Crippen LogP contribution in [0.25, 0.3) is 0 Å². The first kappa shape index (κ1) is 21.4. The minimum absolute atomic E-state index is 0.0725. The van der Waals surface area contributed by atoms with Gasteiger partial charge in [-0.3, -0.25) is 14.9 Å². The van der Waals surface area contributed by atoms with Crippen LogP contribution in [-0.4, -0.2) is 39.5 Å². The number of allylic oxidation sites excluding steroid dienone is 2. The van der Waals surface area contributed by atoms with E-state index in [1.54, 1.807) is 6.21 Å². The van der Waals surface area contributed by atoms with Crippen molar-refractivity contribution in [2.45, 2.75) is 38.2 Å². The first-order chi connectivity index (χ1) is 14.3. The standard InChI is InChI=1S/C20H24N4O6/c25-18-10-13-8-12(2-1-3-19(26)27)9-16(13)17(18)11-21-23-20(28)22-14-4-6-15(7-5-14)24(29)30/h2,4-7,11,13,16-18,25H,1,3,8-10H2,(H,26,27)(H2,22,23,28)/b12-2+,21-11+. The number of urea groups is 1. The van der Waals surface area contributed by atoms with Crippen molar-refractivity contribution in [2.24, 2.45) is 22.9 Å². The average Bonchev–Trinajstić information content (AvgIpc) is 3.19. The Bertz CT molecular complexity index is 867. The number of carboxylic acids is 1. The average molecular weight is 416 g/mol. The highest BCUT2D eigenvalue weighted by atomic mass is 16.6. The Kier molecular flexibility index (Phi) is 6.78. The molecule has 10 nitrogen and oxygen atoms in total. The maximum Gasteiger partial charge on any atom is 0.339 e. The molecule has 0 bridgehead atoms. The molecule has 0 spiro atoms. The van der Waals surface area contributed by atoms with Gasteiger partial charge in [-0.2, -0.15) is 5.10 Å². The number of aliphatic carboxylic acids is 1. The number of carbonyl (C=O) groups excluding carboxylic acids is 1. The molecule has 10 heteroatoms. The fourth-order valence-electron chi connectivity index (χ4n) is 4.29. The molecule has 4 atom stereocenters. The number of rotatable bonds is 7. The second kappa shape index (κ2) is 9.49. The Morgan fingerprint density at radius 1 is 1.27 bits per heavy atom. The maximum atomic E-state index is 12.0. The predicted molar refractivity (Wildman–Crippen MR) is 109 cm³/mol. The van der Waals surface area contributed by atoms with Gasteiger partial charge < -0.3 is 15.5 Å². The summed E-state index contributed by atoms with van der Waals surface area (Å²) in [6.45, 7) is 0. The zero-order chi connectivity index (χ0) is 21.7. The molecule has 0 heterocycles. The number of amides is 2. The molecule has 2 saturated carbocycles. The van der Waals surface area contributed by atoms with Crippen LogP contribution in [0.5, 0.6) is 0 Å². The van der Waals surface area contributed by atoms with Gasteiger partial charge in [0.25, 0.3) is 5.69 Å². The summed E-state index contributed by atoms with van der Waals surface area (Å²) >= 11 is 0. The fourth-order valence-corrected chi connectivity index (χ4v) is 4.29. The normalized spacial score (nSPS) is 26.6. The van der Waals surface area contributed by atoms with E-state index in [0.29, 0.717) is 24.4 Å². The summed E-state index contributed by atoms with van der Waals surface area (Å²) in [5.74, 6) is -0.440. The van der Waals surface area contributed by atoms with Crippen LogP contribution in [0.4, 0.5) is 16.2 Å². The number of anilines is 1. The number of benzene rings is 1. The zero-order valence-corrected chi connectivity index (χ0v) is 16.2. The summed E-state index contributed by atoms with van der Waals surface area (Å²) in [6.07, 6.45) is 5.97. The molecule has 2 fully saturated rings. The van der Waals surface area contributed by atoms with Crippen molar-refractivity contribution < 1.29 is 24.7 Å². The van der Waals surface area contributed by atoms with Gasteiger partial charge in [0.1, 0.15) is 0 Å². The van der Waals surface area contributed by atoms with Crippen LogP contribution >= 0.6 is 0 Å². The van der Waals surface area contributed by atoms with Gasteiger partial charge in [0.2, 0.25) is 0 Å². The van der Waals surface area contributed by atoms with Gasteiger partial charge in [0.05, 0.1) is 11.0 Å². The van der Waals surface area contributed by atoms with E-state index in [1.807, 2.05) is 6.08 Å². The van der Waals surface area contributed by atoms with Crippen molar-refractivity contribution in [3.8, 4) is 0 Å². The van der Waals surface area contributed by atoms with Crippen LogP contribution in [0.1, 0.15) is 32.1 Å². The molecule has 4 N–H and O–H groups in total. The number of hydrogen-bond donors (Lipinski definition) is 4. The van der Waals surface area contributed by atoms with Gasteiger partial charge in [0.15, 0.2) is 0 Å². The highest BCUT2D eigenvalue weighted by molar-refractivity contribution is 5.89. The van der Waals surface area contributed by atoms with E-state index in [9.17, 15) is 24.8 Å². The Balaban J connectivity index is 1.50. The maximum absolute atomic E-state index is 12.0. The highest BCUT2D eigenvalue weighted by Gasteiger charge is 2.45. The number of nitrogens with zero attached hydrogens (tertiary/aromatic N) is 2. The molecule has 2 aliphatic carbocycles. The monoisotopic (exact) mass is 416 g/mol. The van der Waals surface area contributed by atoms with Crippen LogP contribution in [0.2, 0.25) is 0 Å². The summed E-state index contributed by atoms with van der Waals surface area (Å²) in [7, 11) is 0. The van der Waals surface area contributed by atoms with Gasteiger partial charge in [0, 0.05) is 36.4 Å². The first-order valence-electron chi connectivity index (χ1n) is 9.76. The Morgan fingerprint density at radius 3 is 2.67 bits per heavy atom. The lowest BCUT2D eigenvalue weighted by Gasteiger charge is -2.16. The number of hydrazone groups is 1. The molecular weight excluding hydrogens is 392 g/mol. The van der Waals surface area contributed by atoms with Gasteiger partial charge in [-0.05, 0) is 49.7 Å². The van der Waals surface area contributed by atoms with Crippen molar-refractivity contribution in [1.29, 1.82) is 0 Å². The lowest BCUT2D eigenvalue weighted by molar-refractivity contribution is -0.384. The Labute approximate surface area is 172 Å². The van der Waals surface area contributed by atoms with E-state index in [4.69, 9.17) is 5.11 Å². The Hall–Kier alpha value is -3.27. The van der Waals surface area contributed by atoms with Crippen molar-refractivity contribution in [3.63, 3.8) is 0 Å². The molecule has 3 rings (SSSR count). The summed E-state index contributed by atoms with van der Waals surface area (Å²) in [5.41, 5.74) is 3.89. The van der Waals surface area contributed by atoms with Gasteiger partial charge in [-0.1, -0.05) is 11.6 Å². The highest BCUT2D eigenvalue weighted by Crippen LogP contribution is 2.49. The second-order valence-corrected chi connectivity index (χ2v) is 7.66. The number of carbonyl (C=O) groups is 2. The smallest absolute Gasteiger partial charge is 0.339 e. The lowest BCUT2D eigenvalue weighted by atomic mass is 9.92. The van der Waals surface area contributed by atoms with Crippen LogP contribution < -0.4 is 10.7 Å². The van der Waals surface area contributed by atoms with E-state index in [0.717, 1.165) is 12.8 Å². The summed E-state index contributed by atoms with van der Waals surface area (Å²) in [5, 5.41) is 36.2. The molecule has 2 amide bonds. The molecule has 0 aliphatic heterocycles. The largest absolute Gasteiger partial charge is 0.481 e. The fraction of sp³-hybridized carbons (Fsp3) is 0.450. The SMILES string of the molecule is O=C(O)CC/C=C1\CC2CC(O)C(/C=N/NC(=O)Nc3ccc([N+](=O)[O-])cc3)C2C1. The summed E-state index contributed by atoms with van der Waals surface area (Å²) in [6, 6.07) is 4.82. The minimum Gasteiger partial charge on any atom is -0.481 e. The van der Waals surface area contributed by atoms with Crippen molar-refractivity contribution in [3.05, 3.63) is 46.0 Å². The van der Waals surface area contributed by atoms with Crippen LogP contribution in [0, 0.1) is 27.9 Å². The molecule has 0 saturated heterocycles. The molecule has 1 aromatic rings. The Morgan fingerprint density at radius 2 is 2.00 bits per heavy atom. The number of nitrogens with one attached hydrogen (secondary N) is 2. The molecule has 30 heavy (non-hydrogen) atoms. The minimum atomic E-state index is -0.816. The summed E-state index contributed by atoms with van der Waals surface area (Å²) < 4.78 is 0. The quantitative estimate of drug-likeness (QED) is 0.232. The van der Waals surface area contributed by atoms with Crippen molar-refractivity contribution in [1.82, 2.24) is 5.43 Å². The molecular formula is C20H24N4O6. The number of fused-ring (bicyclic) bond motifs is 1. The van der Waals surface area contributed by atoms with Gasteiger partial charge in [-0.25, -0.2) is 10.2 Å². The molecule has 0 radical (unpaired) electrons. The molecule has 4 unspecified atom stereocenters. The zero-order valence-electron chi connectivity index (χ0n) is 16.2. The number of hydrogen-bond acceptors (Lipinski definition) is 6. The third kappa shape index (κ3) is 5.41. The second-order valence-electron chi connectivity index (χ2n) is 7.66. The van der Waals surface area contributed by atoms with Gasteiger partial charge >= 0.3 is 12.0 Å². The summed E-state index contributed by atoms with van der Waals surface area (Å²) in [4.78, 5) is 32.7. The van der Waals surface area contributed by atoms with Crippen LogP contribution in [-0.2, 0) is 4.79 Å². The van der Waals surface area contributed by atoms with E-state index in [1.165, 1.54) is 29.8 Å². The van der Waals surface area contributed by atoms with E-state index in [-0.39, 0.29) is 23.9 Å². The third-order valence-electron chi connectivity index (χ3n) is 5.65. The van der Waals surface area contributed by atoms with E-state index < -0.39 is 23.0 Å². The third-order valence-corrected chi connectivity index (χ3v) is 5.65. The first-order valence-corrected chi connectivity index (χ1v) is 9.76. The van der Waals surface area contributed by atoms with Gasteiger partial charge in [-0.15, -0.1) is 0 Å². The number of nitro benzene ring substituents is 1. The number of non-ortho nitro benzene ring substituents is 1. The van der Waals surface area contributed by atoms with Crippen LogP contribution in [0.15, 0.2) is 41.0 Å². The molecule has 1 aromatic carbocycles. The number of aliphatic hydroxyl groups is 1. The predicted octanol–water partition coefficient (Wildman–Crippen LogP) is 2.90. The van der Waals surface area contributed by atoms with Crippen molar-refractivity contribution in [2.75, 3.05) is 5.32 Å². The number of aliphatic hydroxyl groups excluding tert-OH is 1. The van der Waals surface area contributed by atoms with Crippen LogP contribution in [0.3, 0.4) is 0 Å². The van der Waals surface area contributed by atoms with Crippen molar-refractivity contribution >= 4 is 29.6 Å². The molecule has 2 aliphatic rings. The lowest BCUT2D eigenvalue weighted by Crippen LogP contribution is -2.27.